The van der Waals surface area contributed by atoms with Crippen molar-refractivity contribution in [1.29, 1.82) is 0 Å². The fraction of sp³-hybridized carbons (Fsp3) is 0.133. The Morgan fingerprint density at radius 3 is 2.48 bits per heavy atom. The van der Waals surface area contributed by atoms with Crippen molar-refractivity contribution in [2.24, 2.45) is 5.73 Å². The maximum Gasteiger partial charge on any atom is 0.433 e. The van der Waals surface area contributed by atoms with Gasteiger partial charge in [0.05, 0.1) is 11.0 Å². The second kappa shape index (κ2) is 5.38. The SMILES string of the molecule is NC(=O)c1cc2nc(C(F)(F)F)ccc2n1Cc1ccncc1. The molecule has 23 heavy (non-hydrogen) atoms. The van der Waals surface area contributed by atoms with Gasteiger partial charge in [0.2, 0.25) is 0 Å². The molecule has 2 N–H and O–H groups in total. The predicted octanol–water partition coefficient (Wildman–Crippen LogP) is 2.60. The van der Waals surface area contributed by atoms with E-state index >= 15 is 0 Å². The molecule has 0 aliphatic carbocycles. The van der Waals surface area contributed by atoms with Gasteiger partial charge in [-0.2, -0.15) is 13.2 Å². The Bertz CT molecular complexity index is 872. The molecule has 0 saturated carbocycles. The van der Waals surface area contributed by atoms with Crippen molar-refractivity contribution in [2.75, 3.05) is 0 Å². The van der Waals surface area contributed by atoms with E-state index in [0.717, 1.165) is 11.6 Å². The highest BCUT2D eigenvalue weighted by atomic mass is 19.4. The first-order valence-corrected chi connectivity index (χ1v) is 6.62. The van der Waals surface area contributed by atoms with Gasteiger partial charge in [0.25, 0.3) is 5.91 Å². The van der Waals surface area contributed by atoms with Crippen molar-refractivity contribution in [1.82, 2.24) is 14.5 Å². The molecule has 118 valence electrons. The second-order valence-electron chi connectivity index (χ2n) is 4.93. The van der Waals surface area contributed by atoms with Crippen LogP contribution in [0, 0.1) is 0 Å². The Kier molecular flexibility index (Phi) is 3.51. The van der Waals surface area contributed by atoms with Gasteiger partial charge in [-0.05, 0) is 35.9 Å². The highest BCUT2D eigenvalue weighted by Gasteiger charge is 2.33. The molecule has 0 saturated heterocycles. The number of hydrogen-bond acceptors (Lipinski definition) is 3. The zero-order chi connectivity index (χ0) is 16.6. The first-order chi connectivity index (χ1) is 10.9. The summed E-state index contributed by atoms with van der Waals surface area (Å²) >= 11 is 0. The second-order valence-corrected chi connectivity index (χ2v) is 4.93. The number of hydrogen-bond donors (Lipinski definition) is 1. The van der Waals surface area contributed by atoms with Gasteiger partial charge in [-0.3, -0.25) is 9.78 Å². The molecule has 0 aliphatic heterocycles. The van der Waals surface area contributed by atoms with Gasteiger partial charge >= 0.3 is 6.18 Å². The van der Waals surface area contributed by atoms with Crippen molar-refractivity contribution in [3.8, 4) is 0 Å². The van der Waals surface area contributed by atoms with E-state index in [4.69, 9.17) is 5.73 Å². The minimum Gasteiger partial charge on any atom is -0.364 e. The van der Waals surface area contributed by atoms with Crippen LogP contribution in [0.5, 0.6) is 0 Å². The van der Waals surface area contributed by atoms with Gasteiger partial charge in [0.1, 0.15) is 11.4 Å². The first-order valence-electron chi connectivity index (χ1n) is 6.62. The molecule has 0 fully saturated rings. The quantitative estimate of drug-likeness (QED) is 0.806. The lowest BCUT2D eigenvalue weighted by Crippen LogP contribution is -2.17. The lowest BCUT2D eigenvalue weighted by molar-refractivity contribution is -0.140. The van der Waals surface area contributed by atoms with Crippen LogP contribution in [0.3, 0.4) is 0 Å². The van der Waals surface area contributed by atoms with Crippen LogP contribution in [-0.4, -0.2) is 20.4 Å². The molecule has 0 atom stereocenters. The van der Waals surface area contributed by atoms with E-state index in [1.54, 1.807) is 29.1 Å². The molecular weight excluding hydrogens is 309 g/mol. The molecule has 0 unspecified atom stereocenters. The largest absolute Gasteiger partial charge is 0.433 e. The number of nitrogens with zero attached hydrogens (tertiary/aromatic N) is 3. The third-order valence-corrected chi connectivity index (χ3v) is 3.39. The van der Waals surface area contributed by atoms with Crippen molar-refractivity contribution in [3.63, 3.8) is 0 Å². The number of fused-ring (bicyclic) bond motifs is 1. The molecule has 3 aromatic rings. The summed E-state index contributed by atoms with van der Waals surface area (Å²) in [6.07, 6.45) is -1.37. The number of alkyl halides is 3. The number of nitrogens with two attached hydrogens (primary N) is 1. The average Bonchev–Trinajstić information content (AvgIpc) is 2.86. The number of primary amides is 1. The van der Waals surface area contributed by atoms with E-state index in [0.29, 0.717) is 5.52 Å². The summed E-state index contributed by atoms with van der Waals surface area (Å²) in [6, 6.07) is 6.94. The van der Waals surface area contributed by atoms with Gasteiger partial charge in [0, 0.05) is 18.9 Å². The monoisotopic (exact) mass is 320 g/mol. The van der Waals surface area contributed by atoms with E-state index in [1.165, 1.54) is 12.1 Å². The molecule has 0 radical (unpaired) electrons. The Hall–Kier alpha value is -2.90. The van der Waals surface area contributed by atoms with Crippen LogP contribution < -0.4 is 5.73 Å². The zero-order valence-electron chi connectivity index (χ0n) is 11.7. The van der Waals surface area contributed by atoms with Crippen LogP contribution in [0.2, 0.25) is 0 Å². The van der Waals surface area contributed by atoms with Crippen molar-refractivity contribution < 1.29 is 18.0 Å². The topological polar surface area (TPSA) is 73.8 Å². The number of carbonyl (C=O) groups excluding carboxylic acids is 1. The standard InChI is InChI=1S/C15H11F3N4O/c16-15(17,18)13-2-1-11-10(21-13)7-12(14(19)23)22(11)8-9-3-5-20-6-4-9/h1-7H,8H2,(H2,19,23). The minimum atomic E-state index is -4.55. The van der Waals surface area contributed by atoms with E-state index < -0.39 is 17.8 Å². The molecule has 3 heterocycles. The van der Waals surface area contributed by atoms with Gasteiger partial charge < -0.3 is 10.3 Å². The number of carbonyl (C=O) groups is 1. The Labute approximate surface area is 128 Å². The zero-order valence-corrected chi connectivity index (χ0v) is 11.7. The summed E-state index contributed by atoms with van der Waals surface area (Å²) in [5, 5.41) is 0. The summed E-state index contributed by atoms with van der Waals surface area (Å²) < 4.78 is 39.8. The van der Waals surface area contributed by atoms with Gasteiger partial charge in [-0.15, -0.1) is 0 Å². The normalized spacial score (nSPS) is 11.8. The molecule has 1 amide bonds. The fourth-order valence-corrected chi connectivity index (χ4v) is 2.34. The van der Waals surface area contributed by atoms with Crippen molar-refractivity contribution in [2.45, 2.75) is 12.7 Å². The summed E-state index contributed by atoms with van der Waals surface area (Å²) in [4.78, 5) is 19.1. The van der Waals surface area contributed by atoms with Crippen LogP contribution in [-0.2, 0) is 12.7 Å². The minimum absolute atomic E-state index is 0.0719. The molecular formula is C15H11F3N4O. The summed E-state index contributed by atoms with van der Waals surface area (Å²) in [7, 11) is 0. The maximum absolute atomic E-state index is 12.8. The molecule has 0 aliphatic rings. The van der Waals surface area contributed by atoms with Crippen LogP contribution >= 0.6 is 0 Å². The van der Waals surface area contributed by atoms with Gasteiger partial charge in [0.15, 0.2) is 0 Å². The molecule has 3 aromatic heterocycles. The highest BCUT2D eigenvalue weighted by Crippen LogP contribution is 2.30. The van der Waals surface area contributed by atoms with Crippen LogP contribution in [0.1, 0.15) is 21.7 Å². The van der Waals surface area contributed by atoms with E-state index in [1.807, 2.05) is 0 Å². The molecule has 3 rings (SSSR count). The molecule has 0 bridgehead atoms. The van der Waals surface area contributed by atoms with Crippen LogP contribution in [0.25, 0.3) is 11.0 Å². The Morgan fingerprint density at radius 2 is 1.87 bits per heavy atom. The van der Waals surface area contributed by atoms with Crippen LogP contribution in [0.4, 0.5) is 13.2 Å². The molecule has 8 heteroatoms. The van der Waals surface area contributed by atoms with Crippen LogP contribution in [0.15, 0.2) is 42.7 Å². The summed E-state index contributed by atoms with van der Waals surface area (Å²) in [6.45, 7) is 0.275. The lowest BCUT2D eigenvalue weighted by Gasteiger charge is -2.09. The van der Waals surface area contributed by atoms with Gasteiger partial charge in [-0.25, -0.2) is 4.98 Å². The number of halogens is 3. The predicted molar refractivity (Wildman–Crippen MR) is 76.6 cm³/mol. The number of aromatic nitrogens is 3. The number of pyridine rings is 2. The summed E-state index contributed by atoms with van der Waals surface area (Å²) in [5.41, 5.74) is 5.73. The third-order valence-electron chi connectivity index (χ3n) is 3.39. The van der Waals surface area contributed by atoms with E-state index in [2.05, 4.69) is 9.97 Å². The lowest BCUT2D eigenvalue weighted by atomic mass is 10.2. The average molecular weight is 320 g/mol. The Morgan fingerprint density at radius 1 is 1.17 bits per heavy atom. The fourth-order valence-electron chi connectivity index (χ4n) is 2.34. The maximum atomic E-state index is 12.8. The van der Waals surface area contributed by atoms with Gasteiger partial charge in [-0.1, -0.05) is 0 Å². The molecule has 0 spiro atoms. The number of amides is 1. The smallest absolute Gasteiger partial charge is 0.364 e. The number of rotatable bonds is 3. The van der Waals surface area contributed by atoms with Crippen molar-refractivity contribution in [3.05, 3.63) is 59.7 Å². The van der Waals surface area contributed by atoms with Crippen molar-refractivity contribution >= 4 is 16.9 Å². The van der Waals surface area contributed by atoms with E-state index in [-0.39, 0.29) is 17.8 Å². The third kappa shape index (κ3) is 2.87. The molecule has 0 aromatic carbocycles. The Balaban J connectivity index is 2.15. The highest BCUT2D eigenvalue weighted by molar-refractivity contribution is 5.96. The van der Waals surface area contributed by atoms with E-state index in [9.17, 15) is 18.0 Å². The first kappa shape index (κ1) is 15.0. The summed E-state index contributed by atoms with van der Waals surface area (Å²) in [5.74, 6) is -0.731. The molecule has 5 nitrogen and oxygen atoms in total.